The van der Waals surface area contributed by atoms with Crippen molar-refractivity contribution in [3.63, 3.8) is 0 Å². The third kappa shape index (κ3) is 5.89. The van der Waals surface area contributed by atoms with Crippen LogP contribution in [-0.2, 0) is 0 Å². The molecule has 1 aromatic carbocycles. The summed E-state index contributed by atoms with van der Waals surface area (Å²) in [7, 11) is 1.45. The summed E-state index contributed by atoms with van der Waals surface area (Å²) in [6, 6.07) is 9.42. The largest absolute Gasteiger partial charge is 0.496 e. The van der Waals surface area contributed by atoms with E-state index in [0.29, 0.717) is 61.0 Å². The van der Waals surface area contributed by atoms with E-state index in [1.807, 2.05) is 4.90 Å². The minimum Gasteiger partial charge on any atom is -0.496 e. The molecule has 1 saturated carbocycles. The number of rotatable bonds is 7. The average molecular weight is 537 g/mol. The Bertz CT molecular complexity index is 1360. The van der Waals surface area contributed by atoms with Crippen molar-refractivity contribution in [2.24, 2.45) is 0 Å². The van der Waals surface area contributed by atoms with E-state index in [1.165, 1.54) is 19.4 Å². The molecule has 6 N–H and O–H groups in total. The summed E-state index contributed by atoms with van der Waals surface area (Å²) >= 11 is 0. The first-order valence-electron chi connectivity index (χ1n) is 13.1. The smallest absolute Gasteiger partial charge is 0.255 e. The molecule has 1 aliphatic heterocycles. The van der Waals surface area contributed by atoms with Crippen molar-refractivity contribution < 1.29 is 24.1 Å². The van der Waals surface area contributed by atoms with Gasteiger partial charge in [0.1, 0.15) is 28.9 Å². The third-order valence-corrected chi connectivity index (χ3v) is 7.22. The molecule has 206 valence electrons. The van der Waals surface area contributed by atoms with Crippen LogP contribution in [0.25, 0.3) is 11.3 Å². The van der Waals surface area contributed by atoms with Crippen LogP contribution in [0.2, 0.25) is 0 Å². The maximum absolute atomic E-state index is 14.8. The van der Waals surface area contributed by atoms with Crippen molar-refractivity contribution in [2.75, 3.05) is 36.1 Å². The summed E-state index contributed by atoms with van der Waals surface area (Å²) in [4.78, 5) is 24.2. The number of pyridine rings is 2. The SMILES string of the molecule is COc1cccc(F)c1-c1nc(Nc2cc(N3CCC[C@H](O)C3)c(C(=O)N[C@@H]3CC[C@H](O)C3)cn2)ccc1N. The van der Waals surface area contributed by atoms with Gasteiger partial charge in [-0.15, -0.1) is 0 Å². The van der Waals surface area contributed by atoms with Gasteiger partial charge in [-0.25, -0.2) is 14.4 Å². The molecule has 3 aromatic rings. The fourth-order valence-electron chi connectivity index (χ4n) is 5.25. The van der Waals surface area contributed by atoms with Gasteiger partial charge < -0.3 is 36.2 Å². The molecule has 2 fully saturated rings. The van der Waals surface area contributed by atoms with Gasteiger partial charge in [0.05, 0.1) is 41.8 Å². The standard InChI is InChI=1S/C28H33FN6O4/c1-39-23-6-2-5-20(29)26(23)27-21(30)9-10-24(34-27)33-25-13-22(35-11-3-4-18(37)15-35)19(14-31-25)28(38)32-16-7-8-17(36)12-16/h2,5-6,9-10,13-14,16-18,36-37H,3-4,7-8,11-12,15,30H2,1H3,(H,32,38)(H,31,33,34)/t16-,17+,18+/m1/s1. The lowest BCUT2D eigenvalue weighted by atomic mass is 10.1. The van der Waals surface area contributed by atoms with Crippen LogP contribution in [0.3, 0.4) is 0 Å². The number of nitrogens with one attached hydrogen (secondary N) is 2. The Labute approximate surface area is 226 Å². The number of nitrogen functional groups attached to an aromatic ring is 1. The fraction of sp³-hybridized carbons (Fsp3) is 0.393. The van der Waals surface area contributed by atoms with Crippen molar-refractivity contribution in [3.8, 4) is 17.0 Å². The van der Waals surface area contributed by atoms with Crippen LogP contribution >= 0.6 is 0 Å². The number of halogens is 1. The summed E-state index contributed by atoms with van der Waals surface area (Å²) < 4.78 is 20.1. The van der Waals surface area contributed by atoms with Crippen LogP contribution in [0.15, 0.2) is 42.6 Å². The Kier molecular flexibility index (Phi) is 7.80. The predicted molar refractivity (Wildman–Crippen MR) is 147 cm³/mol. The molecule has 1 aliphatic carbocycles. The summed E-state index contributed by atoms with van der Waals surface area (Å²) in [5.74, 6) is 0.309. The number of carbonyl (C=O) groups excluding carboxylic acids is 1. The van der Waals surface area contributed by atoms with Crippen molar-refractivity contribution in [1.29, 1.82) is 0 Å². The average Bonchev–Trinajstić information content (AvgIpc) is 3.33. The zero-order chi connectivity index (χ0) is 27.5. The molecule has 3 heterocycles. The van der Waals surface area contributed by atoms with Gasteiger partial charge in [0.15, 0.2) is 0 Å². The van der Waals surface area contributed by atoms with Crippen molar-refractivity contribution in [1.82, 2.24) is 15.3 Å². The van der Waals surface area contributed by atoms with Crippen LogP contribution in [0.1, 0.15) is 42.5 Å². The first-order valence-corrected chi connectivity index (χ1v) is 13.1. The summed E-state index contributed by atoms with van der Waals surface area (Å²) in [6.45, 7) is 1.07. The number of piperidine rings is 1. The zero-order valence-electron chi connectivity index (χ0n) is 21.7. The van der Waals surface area contributed by atoms with Gasteiger partial charge in [0, 0.05) is 31.4 Å². The van der Waals surface area contributed by atoms with Crippen LogP contribution in [-0.4, -0.2) is 64.5 Å². The minimum atomic E-state index is -0.514. The Balaban J connectivity index is 1.46. The van der Waals surface area contributed by atoms with Crippen LogP contribution < -0.4 is 26.0 Å². The lowest BCUT2D eigenvalue weighted by Crippen LogP contribution is -2.40. The van der Waals surface area contributed by atoms with Gasteiger partial charge >= 0.3 is 0 Å². The number of aromatic nitrogens is 2. The summed E-state index contributed by atoms with van der Waals surface area (Å²) in [5.41, 5.74) is 7.83. The molecule has 1 saturated heterocycles. The number of aliphatic hydroxyl groups excluding tert-OH is 2. The molecular weight excluding hydrogens is 503 g/mol. The second-order valence-electron chi connectivity index (χ2n) is 10.0. The number of anilines is 4. The number of nitrogens with two attached hydrogens (primary N) is 1. The maximum Gasteiger partial charge on any atom is 0.255 e. The number of hydrogen-bond acceptors (Lipinski definition) is 9. The highest BCUT2D eigenvalue weighted by Gasteiger charge is 2.28. The molecule has 11 heteroatoms. The number of benzene rings is 1. The quantitative estimate of drug-likeness (QED) is 0.307. The molecule has 0 unspecified atom stereocenters. The lowest BCUT2D eigenvalue weighted by Gasteiger charge is -2.33. The molecule has 2 aliphatic rings. The van der Waals surface area contributed by atoms with Gasteiger partial charge in [0.25, 0.3) is 5.91 Å². The molecule has 0 radical (unpaired) electrons. The number of ether oxygens (including phenoxy) is 1. The first kappa shape index (κ1) is 26.6. The van der Waals surface area contributed by atoms with Gasteiger partial charge in [-0.2, -0.15) is 0 Å². The zero-order valence-corrected chi connectivity index (χ0v) is 21.7. The summed E-state index contributed by atoms with van der Waals surface area (Å²) in [5, 5.41) is 26.3. The van der Waals surface area contributed by atoms with E-state index in [4.69, 9.17) is 10.5 Å². The molecule has 0 spiro atoms. The lowest BCUT2D eigenvalue weighted by molar-refractivity contribution is 0.0933. The first-order chi connectivity index (χ1) is 18.8. The van der Waals surface area contributed by atoms with Crippen molar-refractivity contribution in [2.45, 2.75) is 50.4 Å². The molecule has 10 nitrogen and oxygen atoms in total. The van der Waals surface area contributed by atoms with Crippen molar-refractivity contribution in [3.05, 3.63) is 54.0 Å². The Morgan fingerprint density at radius 1 is 1.15 bits per heavy atom. The Morgan fingerprint density at radius 2 is 2.00 bits per heavy atom. The fourth-order valence-corrected chi connectivity index (χ4v) is 5.25. The van der Waals surface area contributed by atoms with Gasteiger partial charge in [-0.1, -0.05) is 6.07 Å². The van der Waals surface area contributed by atoms with E-state index in [-0.39, 0.29) is 28.9 Å². The Morgan fingerprint density at radius 3 is 2.74 bits per heavy atom. The molecule has 3 atom stereocenters. The maximum atomic E-state index is 14.8. The highest BCUT2D eigenvalue weighted by Crippen LogP contribution is 2.36. The molecule has 5 rings (SSSR count). The van der Waals surface area contributed by atoms with E-state index in [1.54, 1.807) is 30.3 Å². The molecule has 2 aromatic heterocycles. The monoisotopic (exact) mass is 536 g/mol. The van der Waals surface area contributed by atoms with E-state index in [0.717, 1.165) is 12.8 Å². The van der Waals surface area contributed by atoms with E-state index in [2.05, 4.69) is 20.6 Å². The van der Waals surface area contributed by atoms with E-state index in [9.17, 15) is 19.4 Å². The number of methoxy groups -OCH3 is 1. The normalized spacial score (nSPS) is 21.0. The number of β-amino-alcohol motifs (C(OH)–C–C–N with tert-alkyl or cyclic N) is 1. The Hall–Kier alpha value is -3.96. The summed E-state index contributed by atoms with van der Waals surface area (Å²) in [6.07, 6.45) is 3.98. The van der Waals surface area contributed by atoms with E-state index >= 15 is 0 Å². The molecule has 39 heavy (non-hydrogen) atoms. The van der Waals surface area contributed by atoms with Crippen LogP contribution in [0.5, 0.6) is 5.75 Å². The highest BCUT2D eigenvalue weighted by molar-refractivity contribution is 6.00. The second kappa shape index (κ2) is 11.4. The molecule has 0 bridgehead atoms. The van der Waals surface area contributed by atoms with Crippen molar-refractivity contribution >= 4 is 28.9 Å². The number of nitrogens with zero attached hydrogens (tertiary/aromatic N) is 3. The number of aliphatic hydroxyl groups is 2. The third-order valence-electron chi connectivity index (χ3n) is 7.22. The highest BCUT2D eigenvalue weighted by atomic mass is 19.1. The molecule has 1 amide bonds. The number of hydrogen-bond donors (Lipinski definition) is 5. The second-order valence-corrected chi connectivity index (χ2v) is 10.0. The van der Waals surface area contributed by atoms with E-state index < -0.39 is 18.0 Å². The number of carbonyl (C=O) groups is 1. The van der Waals surface area contributed by atoms with Crippen LogP contribution in [0.4, 0.5) is 27.4 Å². The van der Waals surface area contributed by atoms with Gasteiger partial charge in [-0.3, -0.25) is 4.79 Å². The topological polar surface area (TPSA) is 146 Å². The van der Waals surface area contributed by atoms with Crippen LogP contribution in [0, 0.1) is 5.82 Å². The predicted octanol–water partition coefficient (Wildman–Crippen LogP) is 3.22. The number of amides is 1. The minimum absolute atomic E-state index is 0.0992. The molecular formula is C28H33FN6O4. The van der Waals surface area contributed by atoms with Gasteiger partial charge in [0.2, 0.25) is 0 Å². The van der Waals surface area contributed by atoms with Gasteiger partial charge in [-0.05, 0) is 56.4 Å².